The van der Waals surface area contributed by atoms with Gasteiger partial charge in [-0.15, -0.1) is 5.06 Å². The van der Waals surface area contributed by atoms with Gasteiger partial charge in [0.1, 0.15) is 0 Å². The van der Waals surface area contributed by atoms with Crippen molar-refractivity contribution in [3.05, 3.63) is 0 Å². The van der Waals surface area contributed by atoms with E-state index in [-0.39, 0.29) is 12.1 Å². The normalized spacial score (nSPS) is 23.9. The highest BCUT2D eigenvalue weighted by Crippen LogP contribution is 2.19. The number of carbonyl (C=O) groups excluding carboxylic acids is 1. The van der Waals surface area contributed by atoms with Crippen LogP contribution in [0.15, 0.2) is 0 Å². The Hall–Kier alpha value is -0.610. The predicted octanol–water partition coefficient (Wildman–Crippen LogP) is 1.21. The van der Waals surface area contributed by atoms with Gasteiger partial charge >= 0.3 is 5.97 Å². The molecule has 0 aromatic carbocycles. The van der Waals surface area contributed by atoms with E-state index in [1.54, 1.807) is 12.2 Å². The molecule has 0 unspecified atom stereocenters. The summed E-state index contributed by atoms with van der Waals surface area (Å²) in [6.07, 6.45) is 1.12. The van der Waals surface area contributed by atoms with E-state index in [4.69, 9.17) is 9.57 Å². The Bertz CT molecular complexity index is 210. The number of methoxy groups -OCH3 is 1. The minimum Gasteiger partial charge on any atom is -0.380 e. The number of nitrogens with zero attached hydrogens (tertiary/aromatic N) is 1. The Kier molecular flexibility index (Phi) is 3.50. The average Bonchev–Trinajstić information content (AvgIpc) is 2.50. The zero-order valence-electron chi connectivity index (χ0n) is 9.37. The van der Waals surface area contributed by atoms with Gasteiger partial charge in [-0.3, -0.25) is 0 Å². The van der Waals surface area contributed by atoms with E-state index in [0.717, 1.165) is 13.0 Å². The molecule has 1 fully saturated rings. The summed E-state index contributed by atoms with van der Waals surface area (Å²) in [7, 11) is 1.68. The lowest BCUT2D eigenvalue weighted by Crippen LogP contribution is -2.32. The fourth-order valence-electron chi connectivity index (χ4n) is 1.23. The van der Waals surface area contributed by atoms with Crippen LogP contribution in [-0.2, 0) is 14.4 Å². The summed E-state index contributed by atoms with van der Waals surface area (Å²) in [5.74, 6) is -0.186. The number of hydrogen-bond donors (Lipinski definition) is 0. The van der Waals surface area contributed by atoms with E-state index in [1.165, 1.54) is 0 Å². The molecule has 0 bridgehead atoms. The van der Waals surface area contributed by atoms with E-state index in [0.29, 0.717) is 6.54 Å². The molecule has 14 heavy (non-hydrogen) atoms. The van der Waals surface area contributed by atoms with Gasteiger partial charge in [0.05, 0.1) is 18.1 Å². The molecular weight excluding hydrogens is 182 g/mol. The molecule has 0 aromatic rings. The van der Waals surface area contributed by atoms with Gasteiger partial charge in [-0.1, -0.05) is 0 Å². The van der Waals surface area contributed by atoms with Gasteiger partial charge in [-0.05, 0) is 27.2 Å². The summed E-state index contributed by atoms with van der Waals surface area (Å²) in [4.78, 5) is 16.7. The molecule has 0 aromatic heterocycles. The molecule has 1 aliphatic rings. The molecule has 0 radical (unpaired) electrons. The van der Waals surface area contributed by atoms with E-state index in [9.17, 15) is 4.79 Å². The van der Waals surface area contributed by atoms with Crippen molar-refractivity contribution in [2.45, 2.75) is 33.3 Å². The van der Waals surface area contributed by atoms with E-state index in [2.05, 4.69) is 0 Å². The van der Waals surface area contributed by atoms with Gasteiger partial charge in [-0.2, -0.15) is 0 Å². The average molecular weight is 201 g/mol. The zero-order chi connectivity index (χ0) is 10.8. The summed E-state index contributed by atoms with van der Waals surface area (Å²) in [5, 5.41) is 1.68. The van der Waals surface area contributed by atoms with Crippen LogP contribution < -0.4 is 0 Å². The third-order valence-electron chi connectivity index (χ3n) is 2.27. The second kappa shape index (κ2) is 4.28. The summed E-state index contributed by atoms with van der Waals surface area (Å²) in [6.45, 7) is 6.98. The minimum absolute atomic E-state index is 0.186. The number of carbonyl (C=O) groups is 1. The predicted molar refractivity (Wildman–Crippen MR) is 52.5 cm³/mol. The minimum atomic E-state index is -0.439. The number of ether oxygens (including phenoxy) is 1. The Labute approximate surface area is 85.1 Å². The molecule has 0 aliphatic carbocycles. The van der Waals surface area contributed by atoms with Crippen LogP contribution in [0.5, 0.6) is 0 Å². The van der Waals surface area contributed by atoms with Gasteiger partial charge in [0.2, 0.25) is 0 Å². The third-order valence-corrected chi connectivity index (χ3v) is 2.27. The van der Waals surface area contributed by atoms with Crippen LogP contribution in [0.25, 0.3) is 0 Å². The van der Waals surface area contributed by atoms with Crippen LogP contribution >= 0.6 is 0 Å². The number of hydroxylamine groups is 2. The molecule has 82 valence electrons. The molecule has 0 amide bonds. The van der Waals surface area contributed by atoms with Crippen LogP contribution in [0.2, 0.25) is 0 Å². The smallest absolute Gasteiger partial charge is 0.330 e. The van der Waals surface area contributed by atoms with E-state index < -0.39 is 5.41 Å². The first-order chi connectivity index (χ1) is 6.43. The highest BCUT2D eigenvalue weighted by Gasteiger charge is 2.30. The van der Waals surface area contributed by atoms with Crippen LogP contribution in [0, 0.1) is 5.41 Å². The molecule has 1 atom stereocenters. The van der Waals surface area contributed by atoms with Crippen LogP contribution in [0.1, 0.15) is 27.2 Å². The van der Waals surface area contributed by atoms with Gasteiger partial charge in [-0.25, -0.2) is 4.79 Å². The molecule has 1 rings (SSSR count). The van der Waals surface area contributed by atoms with Crippen molar-refractivity contribution in [2.75, 3.05) is 20.2 Å². The van der Waals surface area contributed by atoms with Crippen molar-refractivity contribution in [1.82, 2.24) is 5.06 Å². The first-order valence-corrected chi connectivity index (χ1v) is 4.93. The molecule has 4 heteroatoms. The highest BCUT2D eigenvalue weighted by atomic mass is 16.7. The maximum atomic E-state index is 11.5. The molecule has 0 N–H and O–H groups in total. The number of hydrogen-bond acceptors (Lipinski definition) is 4. The van der Waals surface area contributed by atoms with E-state index >= 15 is 0 Å². The highest BCUT2D eigenvalue weighted by molar-refractivity contribution is 5.75. The summed E-state index contributed by atoms with van der Waals surface area (Å²) in [5.41, 5.74) is -0.439. The molecule has 1 aliphatic heterocycles. The largest absolute Gasteiger partial charge is 0.380 e. The van der Waals surface area contributed by atoms with Crippen molar-refractivity contribution in [3.63, 3.8) is 0 Å². The van der Waals surface area contributed by atoms with Gasteiger partial charge in [0.25, 0.3) is 0 Å². The zero-order valence-corrected chi connectivity index (χ0v) is 9.37. The summed E-state index contributed by atoms with van der Waals surface area (Å²) in [6, 6.07) is 0. The Morgan fingerprint density at radius 1 is 1.43 bits per heavy atom. The topological polar surface area (TPSA) is 38.8 Å². The monoisotopic (exact) mass is 201 g/mol. The lowest BCUT2D eigenvalue weighted by Gasteiger charge is -2.21. The number of rotatable bonds is 2. The van der Waals surface area contributed by atoms with Crippen LogP contribution in [0.4, 0.5) is 0 Å². The van der Waals surface area contributed by atoms with Crippen molar-refractivity contribution in [2.24, 2.45) is 5.41 Å². The fraction of sp³-hybridized carbons (Fsp3) is 0.900. The van der Waals surface area contributed by atoms with Crippen LogP contribution in [-0.4, -0.2) is 37.3 Å². The lowest BCUT2D eigenvalue weighted by atomic mass is 9.98. The SMILES string of the molecule is CO[C@H]1CCN(OC(=O)C(C)(C)C)C1. The molecule has 4 nitrogen and oxygen atoms in total. The first kappa shape index (κ1) is 11.5. The summed E-state index contributed by atoms with van der Waals surface area (Å²) >= 11 is 0. The molecule has 1 heterocycles. The van der Waals surface area contributed by atoms with Crippen molar-refractivity contribution in [3.8, 4) is 0 Å². The van der Waals surface area contributed by atoms with Gasteiger partial charge < -0.3 is 9.57 Å². The fourth-order valence-corrected chi connectivity index (χ4v) is 1.23. The lowest BCUT2D eigenvalue weighted by molar-refractivity contribution is -0.196. The van der Waals surface area contributed by atoms with Crippen LogP contribution in [0.3, 0.4) is 0 Å². The Morgan fingerprint density at radius 2 is 2.07 bits per heavy atom. The van der Waals surface area contributed by atoms with Crippen molar-refractivity contribution >= 4 is 5.97 Å². The third kappa shape index (κ3) is 2.96. The Morgan fingerprint density at radius 3 is 2.50 bits per heavy atom. The van der Waals surface area contributed by atoms with Gasteiger partial charge in [0, 0.05) is 13.7 Å². The summed E-state index contributed by atoms with van der Waals surface area (Å²) < 4.78 is 5.18. The maximum absolute atomic E-state index is 11.5. The molecule has 0 spiro atoms. The Balaban J connectivity index is 2.36. The quantitative estimate of drug-likeness (QED) is 0.673. The van der Waals surface area contributed by atoms with Crippen molar-refractivity contribution < 1.29 is 14.4 Å². The molecular formula is C10H19NO3. The maximum Gasteiger partial charge on any atom is 0.330 e. The second-order valence-corrected chi connectivity index (χ2v) is 4.66. The molecule has 1 saturated heterocycles. The van der Waals surface area contributed by atoms with Crippen molar-refractivity contribution in [1.29, 1.82) is 0 Å². The van der Waals surface area contributed by atoms with Gasteiger partial charge in [0.15, 0.2) is 0 Å². The molecule has 0 saturated carbocycles. The first-order valence-electron chi connectivity index (χ1n) is 4.93. The van der Waals surface area contributed by atoms with E-state index in [1.807, 2.05) is 20.8 Å². The second-order valence-electron chi connectivity index (χ2n) is 4.66. The standard InChI is InChI=1S/C10H19NO3/c1-10(2,3)9(12)14-11-6-5-8(7-11)13-4/h8H,5-7H2,1-4H3/t8-/m0/s1.